The molecule has 2 N–H and O–H groups in total. The van der Waals surface area contributed by atoms with E-state index in [4.69, 9.17) is 4.55 Å². The molecule has 12 heteroatoms. The maximum Gasteiger partial charge on any atom is 0.275 e. The largest absolute Gasteiger partial charge is 0.326 e. The van der Waals surface area contributed by atoms with Crippen molar-refractivity contribution in [2.45, 2.75) is 64.7 Å². The Labute approximate surface area is 222 Å². The first-order chi connectivity index (χ1) is 17.6. The van der Waals surface area contributed by atoms with Gasteiger partial charge in [0.15, 0.2) is 0 Å². The monoisotopic (exact) mass is 549 g/mol. The molecule has 0 saturated heterocycles. The van der Waals surface area contributed by atoms with Crippen LogP contribution in [0.5, 0.6) is 0 Å². The fraction of sp³-hybridized carbons (Fsp3) is 0.500. The van der Waals surface area contributed by atoms with E-state index in [1.165, 1.54) is 18.2 Å². The Balaban J connectivity index is 2.00. The van der Waals surface area contributed by atoms with Gasteiger partial charge >= 0.3 is 0 Å². The Morgan fingerprint density at radius 2 is 1.87 bits per heavy atom. The summed E-state index contributed by atoms with van der Waals surface area (Å²) in [6.45, 7) is 9.74. The standard InChI is InChI=1S/C26H35N3O8S/c1-18-9-12-24(31)28(18)14-7-5-6-8-21(30)16-19(13-15-38(35,36)37)25(32)27-20-10-11-22(26(2,3)4)23(17-20)29(33)34/h9-12,17,19H,1,5-8,13-16H2,2-4H3,(H,27,32)(H,35,36,37)/t19-/m1/s1. The summed E-state index contributed by atoms with van der Waals surface area (Å²) in [5.41, 5.74) is 0.567. The fourth-order valence-electron chi connectivity index (χ4n) is 4.14. The van der Waals surface area contributed by atoms with Gasteiger partial charge in [-0.05, 0) is 42.9 Å². The summed E-state index contributed by atoms with van der Waals surface area (Å²) in [7, 11) is -4.37. The van der Waals surface area contributed by atoms with Crippen LogP contribution in [0.2, 0.25) is 0 Å². The maximum absolute atomic E-state index is 13.0. The lowest BCUT2D eigenvalue weighted by Crippen LogP contribution is -2.27. The molecule has 0 fully saturated rings. The number of unbranched alkanes of at least 4 members (excludes halogenated alkanes) is 2. The van der Waals surface area contributed by atoms with Crippen LogP contribution in [-0.2, 0) is 29.9 Å². The van der Waals surface area contributed by atoms with Crippen molar-refractivity contribution in [2.24, 2.45) is 5.92 Å². The van der Waals surface area contributed by atoms with Gasteiger partial charge < -0.3 is 10.2 Å². The number of ketones is 1. The Morgan fingerprint density at radius 3 is 2.42 bits per heavy atom. The molecule has 0 saturated carbocycles. The third-order valence-corrected chi connectivity index (χ3v) is 6.96. The topological polar surface area (TPSA) is 164 Å². The van der Waals surface area contributed by atoms with Gasteiger partial charge in [-0.25, -0.2) is 0 Å². The van der Waals surface area contributed by atoms with Crippen molar-refractivity contribution in [3.05, 3.63) is 58.3 Å². The molecule has 0 aromatic heterocycles. The maximum atomic E-state index is 13.0. The molecule has 0 spiro atoms. The van der Waals surface area contributed by atoms with E-state index < -0.39 is 38.0 Å². The van der Waals surface area contributed by atoms with Crippen LogP contribution in [0.1, 0.15) is 64.9 Å². The van der Waals surface area contributed by atoms with Gasteiger partial charge in [0.1, 0.15) is 5.78 Å². The second kappa shape index (κ2) is 12.9. The molecule has 1 aromatic carbocycles. The molecule has 1 atom stereocenters. The summed E-state index contributed by atoms with van der Waals surface area (Å²) >= 11 is 0. The molecule has 1 aromatic rings. The molecule has 0 unspecified atom stereocenters. The number of carbonyl (C=O) groups excluding carboxylic acids is 3. The predicted octanol–water partition coefficient (Wildman–Crippen LogP) is 4.16. The van der Waals surface area contributed by atoms with Crippen LogP contribution in [0.25, 0.3) is 0 Å². The van der Waals surface area contributed by atoms with Gasteiger partial charge in [-0.2, -0.15) is 8.42 Å². The van der Waals surface area contributed by atoms with E-state index in [0.29, 0.717) is 37.1 Å². The van der Waals surface area contributed by atoms with E-state index in [1.807, 2.05) is 20.8 Å². The Kier molecular flexibility index (Phi) is 10.5. The van der Waals surface area contributed by atoms with Crippen LogP contribution < -0.4 is 5.32 Å². The molecule has 1 aliphatic rings. The quantitative estimate of drug-likeness (QED) is 0.151. The number of nitrogens with one attached hydrogen (secondary N) is 1. The van der Waals surface area contributed by atoms with Gasteiger partial charge in [0.05, 0.1) is 10.7 Å². The molecule has 1 aliphatic heterocycles. The summed E-state index contributed by atoms with van der Waals surface area (Å²) in [4.78, 5) is 49.8. The average molecular weight is 550 g/mol. The van der Waals surface area contributed by atoms with Gasteiger partial charge in [-0.1, -0.05) is 33.8 Å². The SMILES string of the molecule is C=C1C=CC(=O)N1CCCCCC(=O)C[C@@H](CCS(=O)(=O)O)C(=O)Nc1ccc(C(C)(C)C)c([N+](=O)[O-])c1. The second-order valence-electron chi connectivity index (χ2n) is 10.4. The third kappa shape index (κ3) is 9.49. The molecule has 208 valence electrons. The molecule has 0 bridgehead atoms. The zero-order chi connectivity index (χ0) is 28.7. The van der Waals surface area contributed by atoms with Gasteiger partial charge in [0.25, 0.3) is 21.7 Å². The lowest BCUT2D eigenvalue weighted by atomic mass is 9.85. The van der Waals surface area contributed by atoms with E-state index in [1.54, 1.807) is 17.0 Å². The number of Topliss-reactive ketones (excluding diaryl/α,β-unsaturated/α-hetero) is 1. The van der Waals surface area contributed by atoms with Crippen LogP contribution in [-0.4, -0.2) is 52.7 Å². The van der Waals surface area contributed by atoms with Crippen molar-refractivity contribution in [2.75, 3.05) is 17.6 Å². The molecular weight excluding hydrogens is 514 g/mol. The predicted molar refractivity (Wildman–Crippen MR) is 143 cm³/mol. The molecule has 0 aliphatic carbocycles. The van der Waals surface area contributed by atoms with Crippen LogP contribution in [0, 0.1) is 16.0 Å². The van der Waals surface area contributed by atoms with E-state index in [2.05, 4.69) is 11.9 Å². The highest BCUT2D eigenvalue weighted by Gasteiger charge is 2.27. The number of anilines is 1. The van der Waals surface area contributed by atoms with Gasteiger partial charge in [-0.3, -0.25) is 29.1 Å². The Morgan fingerprint density at radius 1 is 1.18 bits per heavy atom. The van der Waals surface area contributed by atoms with Crippen molar-refractivity contribution < 1.29 is 32.3 Å². The van der Waals surface area contributed by atoms with Crippen LogP contribution in [0.3, 0.4) is 0 Å². The number of allylic oxidation sites excluding steroid dienone is 1. The number of nitro groups is 1. The summed E-state index contributed by atoms with van der Waals surface area (Å²) in [5.74, 6) is -2.81. The first-order valence-electron chi connectivity index (χ1n) is 12.3. The summed E-state index contributed by atoms with van der Waals surface area (Å²) in [5, 5.41) is 14.1. The highest BCUT2D eigenvalue weighted by Crippen LogP contribution is 2.33. The number of benzene rings is 1. The number of nitro benzene ring substituents is 1. The average Bonchev–Trinajstić information content (AvgIpc) is 3.12. The minimum atomic E-state index is -4.37. The number of hydrogen-bond donors (Lipinski definition) is 2. The molecule has 1 heterocycles. The van der Waals surface area contributed by atoms with Crippen molar-refractivity contribution in [1.29, 1.82) is 0 Å². The number of amides is 2. The number of hydrogen-bond acceptors (Lipinski definition) is 7. The lowest BCUT2D eigenvalue weighted by Gasteiger charge is -2.20. The Hall–Kier alpha value is -3.38. The smallest absolute Gasteiger partial charge is 0.275 e. The normalized spacial score (nSPS) is 14.6. The van der Waals surface area contributed by atoms with E-state index in [9.17, 15) is 32.9 Å². The zero-order valence-electron chi connectivity index (χ0n) is 21.9. The molecule has 38 heavy (non-hydrogen) atoms. The van der Waals surface area contributed by atoms with Crippen molar-refractivity contribution in [1.82, 2.24) is 4.90 Å². The van der Waals surface area contributed by atoms with Crippen molar-refractivity contribution in [3.8, 4) is 0 Å². The highest BCUT2D eigenvalue weighted by atomic mass is 32.2. The number of rotatable bonds is 14. The van der Waals surface area contributed by atoms with Gasteiger partial charge in [-0.15, -0.1) is 0 Å². The van der Waals surface area contributed by atoms with Gasteiger partial charge in [0, 0.05) is 54.4 Å². The van der Waals surface area contributed by atoms with Crippen LogP contribution >= 0.6 is 0 Å². The number of carbonyl (C=O) groups is 3. The third-order valence-electron chi connectivity index (χ3n) is 6.21. The van der Waals surface area contributed by atoms with E-state index in [0.717, 1.165) is 0 Å². The molecule has 0 radical (unpaired) electrons. The molecular formula is C26H35N3O8S. The highest BCUT2D eigenvalue weighted by molar-refractivity contribution is 7.85. The minimum Gasteiger partial charge on any atom is -0.326 e. The minimum absolute atomic E-state index is 0.128. The first-order valence-corrected chi connectivity index (χ1v) is 13.9. The summed E-state index contributed by atoms with van der Waals surface area (Å²) in [6, 6.07) is 4.30. The van der Waals surface area contributed by atoms with E-state index >= 15 is 0 Å². The van der Waals surface area contributed by atoms with E-state index in [-0.39, 0.29) is 42.3 Å². The fourth-order valence-corrected chi connectivity index (χ4v) is 4.73. The van der Waals surface area contributed by atoms with Crippen LogP contribution in [0.4, 0.5) is 11.4 Å². The summed E-state index contributed by atoms with van der Waals surface area (Å²) in [6.07, 6.45) is 4.56. The lowest BCUT2D eigenvalue weighted by molar-refractivity contribution is -0.385. The van der Waals surface area contributed by atoms with Gasteiger partial charge in [0.2, 0.25) is 5.91 Å². The zero-order valence-corrected chi connectivity index (χ0v) is 22.8. The first kappa shape index (κ1) is 30.8. The molecule has 11 nitrogen and oxygen atoms in total. The Bertz CT molecular complexity index is 1210. The summed E-state index contributed by atoms with van der Waals surface area (Å²) < 4.78 is 31.7. The van der Waals surface area contributed by atoms with Crippen LogP contribution in [0.15, 0.2) is 42.6 Å². The number of nitrogens with zero attached hydrogens (tertiary/aromatic N) is 2. The molecule has 2 amide bonds. The molecule has 2 rings (SSSR count). The second-order valence-corrected chi connectivity index (χ2v) is 11.9. The van der Waals surface area contributed by atoms with Crippen molar-refractivity contribution >= 4 is 39.1 Å². The van der Waals surface area contributed by atoms with Crippen molar-refractivity contribution in [3.63, 3.8) is 0 Å².